The van der Waals surface area contributed by atoms with Crippen molar-refractivity contribution in [3.63, 3.8) is 0 Å². The van der Waals surface area contributed by atoms with Crippen molar-refractivity contribution in [3.8, 4) is 11.8 Å². The smallest absolute Gasteiger partial charge is 0.332 e. The summed E-state index contributed by atoms with van der Waals surface area (Å²) < 4.78 is 8.11. The van der Waals surface area contributed by atoms with Crippen molar-refractivity contribution in [1.82, 2.24) is 14.5 Å². The predicted octanol–water partition coefficient (Wildman–Crippen LogP) is 0.816. The highest BCUT2D eigenvalue weighted by Gasteiger charge is 2.04. The maximum absolute atomic E-state index is 11.8. The summed E-state index contributed by atoms with van der Waals surface area (Å²) in [7, 11) is 3.09. The SMILES string of the molecule is Cn1c(NCCNCCCCOc2ccc(C#N)cc2)cc(=O)n(C)c1=O. The molecular formula is C19H25N5O3. The summed E-state index contributed by atoms with van der Waals surface area (Å²) in [5.74, 6) is 1.28. The third-order valence-electron chi connectivity index (χ3n) is 4.13. The van der Waals surface area contributed by atoms with Gasteiger partial charge in [-0.15, -0.1) is 0 Å². The van der Waals surface area contributed by atoms with Gasteiger partial charge in [0.25, 0.3) is 5.56 Å². The molecule has 2 aromatic rings. The first-order valence-electron chi connectivity index (χ1n) is 8.87. The Kier molecular flexibility index (Phi) is 7.64. The zero-order chi connectivity index (χ0) is 19.6. The molecular weight excluding hydrogens is 346 g/mol. The van der Waals surface area contributed by atoms with Gasteiger partial charge in [-0.2, -0.15) is 5.26 Å². The number of benzene rings is 1. The van der Waals surface area contributed by atoms with Crippen molar-refractivity contribution in [2.75, 3.05) is 31.6 Å². The molecule has 0 saturated heterocycles. The Morgan fingerprint density at radius 1 is 1.04 bits per heavy atom. The zero-order valence-electron chi connectivity index (χ0n) is 15.7. The Balaban J connectivity index is 1.57. The maximum atomic E-state index is 11.8. The number of unbranched alkanes of at least 4 members (excludes halogenated alkanes) is 1. The van der Waals surface area contributed by atoms with E-state index in [0.717, 1.165) is 36.2 Å². The Hall–Kier alpha value is -3.05. The molecule has 8 heteroatoms. The Bertz CT molecular complexity index is 894. The number of rotatable bonds is 10. The summed E-state index contributed by atoms with van der Waals surface area (Å²) in [6.45, 7) is 2.82. The lowest BCUT2D eigenvalue weighted by molar-refractivity contribution is 0.306. The van der Waals surface area contributed by atoms with Gasteiger partial charge in [-0.1, -0.05) is 0 Å². The van der Waals surface area contributed by atoms with Gasteiger partial charge >= 0.3 is 5.69 Å². The van der Waals surface area contributed by atoms with Crippen LogP contribution in [0.2, 0.25) is 0 Å². The summed E-state index contributed by atoms with van der Waals surface area (Å²) in [5, 5.41) is 15.1. The second-order valence-corrected chi connectivity index (χ2v) is 6.14. The van der Waals surface area contributed by atoms with Crippen LogP contribution in [0.25, 0.3) is 0 Å². The molecule has 1 heterocycles. The average Bonchev–Trinajstić information content (AvgIpc) is 2.69. The van der Waals surface area contributed by atoms with Crippen molar-refractivity contribution < 1.29 is 4.74 Å². The third-order valence-corrected chi connectivity index (χ3v) is 4.13. The van der Waals surface area contributed by atoms with Crippen LogP contribution in [0, 0.1) is 11.3 Å². The monoisotopic (exact) mass is 371 g/mol. The van der Waals surface area contributed by atoms with Gasteiger partial charge in [0, 0.05) is 33.3 Å². The van der Waals surface area contributed by atoms with Crippen molar-refractivity contribution in [2.24, 2.45) is 14.1 Å². The van der Waals surface area contributed by atoms with Crippen LogP contribution in [0.3, 0.4) is 0 Å². The molecule has 27 heavy (non-hydrogen) atoms. The molecule has 8 nitrogen and oxygen atoms in total. The van der Waals surface area contributed by atoms with Gasteiger partial charge < -0.3 is 15.4 Å². The van der Waals surface area contributed by atoms with Crippen LogP contribution in [0.15, 0.2) is 39.9 Å². The Morgan fingerprint density at radius 2 is 1.78 bits per heavy atom. The van der Waals surface area contributed by atoms with E-state index in [4.69, 9.17) is 10.00 Å². The van der Waals surface area contributed by atoms with E-state index in [1.807, 2.05) is 0 Å². The molecule has 0 aliphatic heterocycles. The van der Waals surface area contributed by atoms with Crippen LogP contribution < -0.4 is 26.6 Å². The van der Waals surface area contributed by atoms with Crippen LogP contribution in [0.1, 0.15) is 18.4 Å². The molecule has 0 saturated carbocycles. The molecule has 144 valence electrons. The van der Waals surface area contributed by atoms with Gasteiger partial charge in [0.2, 0.25) is 0 Å². The molecule has 0 amide bonds. The lowest BCUT2D eigenvalue weighted by Gasteiger charge is -2.12. The van der Waals surface area contributed by atoms with Gasteiger partial charge in [-0.3, -0.25) is 13.9 Å². The summed E-state index contributed by atoms with van der Waals surface area (Å²) in [4.78, 5) is 23.5. The highest BCUT2D eigenvalue weighted by atomic mass is 16.5. The van der Waals surface area contributed by atoms with Crippen LogP contribution in [-0.2, 0) is 14.1 Å². The normalized spacial score (nSPS) is 10.4. The predicted molar refractivity (Wildman–Crippen MR) is 104 cm³/mol. The number of ether oxygens (including phenoxy) is 1. The molecule has 0 bridgehead atoms. The van der Waals surface area contributed by atoms with Crippen LogP contribution in [0.4, 0.5) is 5.82 Å². The van der Waals surface area contributed by atoms with E-state index in [0.29, 0.717) is 24.5 Å². The largest absolute Gasteiger partial charge is 0.494 e. The van der Waals surface area contributed by atoms with Crippen molar-refractivity contribution in [1.29, 1.82) is 5.26 Å². The molecule has 0 spiro atoms. The number of hydrogen-bond acceptors (Lipinski definition) is 6. The summed E-state index contributed by atoms with van der Waals surface area (Å²) in [6, 6.07) is 10.6. The first kappa shape index (κ1) is 20.3. The first-order chi connectivity index (χ1) is 13.0. The van der Waals surface area contributed by atoms with E-state index >= 15 is 0 Å². The highest BCUT2D eigenvalue weighted by Crippen LogP contribution is 2.11. The van der Waals surface area contributed by atoms with E-state index in [2.05, 4.69) is 16.7 Å². The van der Waals surface area contributed by atoms with Gasteiger partial charge in [-0.25, -0.2) is 4.79 Å². The van der Waals surface area contributed by atoms with Gasteiger partial charge in [0.05, 0.1) is 18.2 Å². The number of aromatic nitrogens is 2. The summed E-state index contributed by atoms with van der Waals surface area (Å²) >= 11 is 0. The van der Waals surface area contributed by atoms with Gasteiger partial charge in [0.1, 0.15) is 11.6 Å². The van der Waals surface area contributed by atoms with Crippen molar-refractivity contribution in [3.05, 3.63) is 56.7 Å². The van der Waals surface area contributed by atoms with Gasteiger partial charge in [0.15, 0.2) is 0 Å². The minimum absolute atomic E-state index is 0.323. The van der Waals surface area contributed by atoms with E-state index in [1.165, 1.54) is 17.7 Å². The summed E-state index contributed by atoms with van der Waals surface area (Å²) in [5.41, 5.74) is -0.0489. The topological polar surface area (TPSA) is 101 Å². The van der Waals surface area contributed by atoms with Crippen LogP contribution >= 0.6 is 0 Å². The maximum Gasteiger partial charge on any atom is 0.332 e. The molecule has 0 atom stereocenters. The minimum atomic E-state index is -0.347. The lowest BCUT2D eigenvalue weighted by atomic mass is 10.2. The fourth-order valence-electron chi connectivity index (χ4n) is 2.47. The quantitative estimate of drug-likeness (QED) is 0.600. The first-order valence-corrected chi connectivity index (χ1v) is 8.87. The standard InChI is InChI=1S/C19H25N5O3/c1-23-17(13-18(25)24(2)19(23)26)22-11-10-21-9-3-4-12-27-16-7-5-15(14-20)6-8-16/h5-8,13,21-22H,3-4,9-12H2,1-2H3. The molecule has 2 rings (SSSR count). The van der Waals surface area contributed by atoms with Crippen LogP contribution in [-0.4, -0.2) is 35.4 Å². The van der Waals surface area contributed by atoms with Crippen molar-refractivity contribution in [2.45, 2.75) is 12.8 Å². The molecule has 0 aliphatic carbocycles. The van der Waals surface area contributed by atoms with E-state index in [9.17, 15) is 9.59 Å². The number of anilines is 1. The second-order valence-electron chi connectivity index (χ2n) is 6.14. The molecule has 1 aromatic carbocycles. The van der Waals surface area contributed by atoms with E-state index < -0.39 is 0 Å². The Labute approximate surface area is 158 Å². The van der Waals surface area contributed by atoms with E-state index in [-0.39, 0.29) is 11.2 Å². The highest BCUT2D eigenvalue weighted by molar-refractivity contribution is 5.34. The number of nitriles is 1. The Morgan fingerprint density at radius 3 is 2.48 bits per heavy atom. The number of nitrogens with zero attached hydrogens (tertiary/aromatic N) is 3. The zero-order valence-corrected chi connectivity index (χ0v) is 15.7. The van der Waals surface area contributed by atoms with E-state index in [1.54, 1.807) is 31.3 Å². The van der Waals surface area contributed by atoms with Crippen LogP contribution in [0.5, 0.6) is 5.75 Å². The minimum Gasteiger partial charge on any atom is -0.494 e. The third kappa shape index (κ3) is 6.01. The second kappa shape index (κ2) is 10.2. The average molecular weight is 371 g/mol. The fraction of sp³-hybridized carbons (Fsp3) is 0.421. The van der Waals surface area contributed by atoms with Crippen molar-refractivity contribution >= 4 is 5.82 Å². The number of nitrogens with one attached hydrogen (secondary N) is 2. The lowest BCUT2D eigenvalue weighted by Crippen LogP contribution is -2.38. The number of hydrogen-bond donors (Lipinski definition) is 2. The molecule has 0 unspecified atom stereocenters. The molecule has 0 fully saturated rings. The molecule has 0 aliphatic rings. The van der Waals surface area contributed by atoms with Gasteiger partial charge in [-0.05, 0) is 43.7 Å². The molecule has 2 N–H and O–H groups in total. The molecule has 1 aromatic heterocycles. The molecule has 0 radical (unpaired) electrons. The fourth-order valence-corrected chi connectivity index (χ4v) is 2.47. The summed E-state index contributed by atoms with van der Waals surface area (Å²) in [6.07, 6.45) is 1.89.